The number of thiophene rings is 1. The number of esters is 1. The number of ether oxygens (including phenoxy) is 3. The van der Waals surface area contributed by atoms with Gasteiger partial charge in [0.1, 0.15) is 29.3 Å². The highest BCUT2D eigenvalue weighted by Crippen LogP contribution is 2.35. The number of aromatic amines is 1. The average Bonchev–Trinajstić information content (AvgIpc) is 3.19. The first-order valence-corrected chi connectivity index (χ1v) is 10.0. The minimum atomic E-state index is -1.47. The van der Waals surface area contributed by atoms with Gasteiger partial charge >= 0.3 is 11.7 Å². The summed E-state index contributed by atoms with van der Waals surface area (Å²) in [4.78, 5) is 37.1. The number of hydrogen-bond donors (Lipinski definition) is 3. The number of H-pyrrole nitrogens is 1. The summed E-state index contributed by atoms with van der Waals surface area (Å²) in [6, 6.07) is 1.58. The van der Waals surface area contributed by atoms with Crippen LogP contribution in [0.25, 0.3) is 0 Å². The summed E-state index contributed by atoms with van der Waals surface area (Å²) in [6.07, 6.45) is -4.37. The van der Waals surface area contributed by atoms with E-state index in [0.717, 1.165) is 11.3 Å². The van der Waals surface area contributed by atoms with E-state index in [2.05, 4.69) is 0 Å². The highest BCUT2D eigenvalue weighted by atomic mass is 35.5. The fourth-order valence-electron chi connectivity index (χ4n) is 2.81. The maximum atomic E-state index is 13.7. The van der Waals surface area contributed by atoms with Gasteiger partial charge in [0.2, 0.25) is 5.82 Å². The molecule has 3 heterocycles. The highest BCUT2D eigenvalue weighted by molar-refractivity contribution is 7.16. The number of rotatable bonds is 7. The van der Waals surface area contributed by atoms with E-state index < -0.39 is 47.6 Å². The lowest BCUT2D eigenvalue weighted by atomic mass is 10.1. The molecular weight excluding hydrogens is 468 g/mol. The van der Waals surface area contributed by atoms with Gasteiger partial charge in [-0.2, -0.15) is 4.39 Å². The molecule has 0 bridgehead atoms. The molecule has 0 spiro atoms. The summed E-state index contributed by atoms with van der Waals surface area (Å²) < 4.78 is 31.0. The molecule has 4 N–H and O–H groups in total. The van der Waals surface area contributed by atoms with Crippen molar-refractivity contribution in [3.63, 3.8) is 0 Å². The quantitative estimate of drug-likeness (QED) is 0.479. The third-order valence-electron chi connectivity index (χ3n) is 4.20. The SMILES string of the molecule is NCC(=O)OC[C@H]1O[C@@H](n2cc(F)c(=O)[nH]c2=O)[C@H](O)[C@@H]1OCc1cc(Cl)c(Cl)s1. The molecule has 30 heavy (non-hydrogen) atoms. The molecule has 2 aromatic heterocycles. The summed E-state index contributed by atoms with van der Waals surface area (Å²) in [5.41, 5.74) is 2.99. The molecule has 10 nitrogen and oxygen atoms in total. The second-order valence-electron chi connectivity index (χ2n) is 6.20. The van der Waals surface area contributed by atoms with E-state index in [-0.39, 0.29) is 19.8 Å². The van der Waals surface area contributed by atoms with E-state index in [4.69, 9.17) is 43.1 Å². The van der Waals surface area contributed by atoms with Crippen LogP contribution in [0, 0.1) is 5.82 Å². The number of carbonyl (C=O) groups is 1. The van der Waals surface area contributed by atoms with Crippen molar-refractivity contribution in [1.82, 2.24) is 9.55 Å². The van der Waals surface area contributed by atoms with Gasteiger partial charge < -0.3 is 25.1 Å². The van der Waals surface area contributed by atoms with Gasteiger partial charge in [0.25, 0.3) is 5.56 Å². The Labute approximate surface area is 181 Å². The number of nitrogens with zero attached hydrogens (tertiary/aromatic N) is 1. The number of nitrogens with two attached hydrogens (primary N) is 1. The lowest BCUT2D eigenvalue weighted by Gasteiger charge is -2.20. The molecule has 3 rings (SSSR count). The summed E-state index contributed by atoms with van der Waals surface area (Å²) in [6.45, 7) is -0.743. The number of halogens is 3. The predicted molar refractivity (Wildman–Crippen MR) is 104 cm³/mol. The van der Waals surface area contributed by atoms with E-state index >= 15 is 0 Å². The van der Waals surface area contributed by atoms with E-state index in [1.807, 2.05) is 0 Å². The number of aliphatic hydroxyl groups excluding tert-OH is 1. The van der Waals surface area contributed by atoms with Crippen molar-refractivity contribution in [2.75, 3.05) is 13.2 Å². The number of nitrogens with one attached hydrogen (secondary N) is 1. The van der Waals surface area contributed by atoms with Crippen LogP contribution in [0.3, 0.4) is 0 Å². The second-order valence-corrected chi connectivity index (χ2v) is 8.34. The molecule has 1 saturated heterocycles. The molecule has 0 aliphatic carbocycles. The van der Waals surface area contributed by atoms with E-state index in [9.17, 15) is 23.9 Å². The minimum Gasteiger partial charge on any atom is -0.462 e. The Morgan fingerprint density at radius 3 is 2.80 bits per heavy atom. The molecule has 14 heteroatoms. The third kappa shape index (κ3) is 4.91. The first-order valence-electron chi connectivity index (χ1n) is 8.46. The highest BCUT2D eigenvalue weighted by Gasteiger charge is 2.46. The van der Waals surface area contributed by atoms with E-state index in [1.165, 1.54) is 0 Å². The van der Waals surface area contributed by atoms with Gasteiger partial charge in [-0.3, -0.25) is 19.1 Å². The molecule has 1 aliphatic rings. The van der Waals surface area contributed by atoms with Crippen LogP contribution < -0.4 is 17.0 Å². The van der Waals surface area contributed by atoms with Crippen LogP contribution in [0.1, 0.15) is 11.1 Å². The number of aromatic nitrogens is 2. The smallest absolute Gasteiger partial charge is 0.330 e. The van der Waals surface area contributed by atoms with Gasteiger partial charge in [0.15, 0.2) is 6.23 Å². The van der Waals surface area contributed by atoms with Crippen LogP contribution in [0.4, 0.5) is 4.39 Å². The third-order valence-corrected chi connectivity index (χ3v) is 6.04. The van der Waals surface area contributed by atoms with E-state index in [0.29, 0.717) is 25.0 Å². The monoisotopic (exact) mass is 483 g/mol. The molecule has 0 saturated carbocycles. The van der Waals surface area contributed by atoms with Crippen molar-refractivity contribution in [1.29, 1.82) is 0 Å². The fourth-order valence-corrected chi connectivity index (χ4v) is 4.17. The van der Waals surface area contributed by atoms with Crippen LogP contribution in [0.2, 0.25) is 9.36 Å². The predicted octanol–water partition coefficient (Wildman–Crippen LogP) is 0.390. The van der Waals surface area contributed by atoms with Crippen LogP contribution in [-0.2, 0) is 25.6 Å². The normalized spacial score (nSPS) is 23.6. The summed E-state index contributed by atoms with van der Waals surface area (Å²) in [7, 11) is 0. The van der Waals surface area contributed by atoms with Crippen molar-refractivity contribution in [3.05, 3.63) is 53.2 Å². The Morgan fingerprint density at radius 1 is 1.43 bits per heavy atom. The van der Waals surface area contributed by atoms with Gasteiger partial charge in [0, 0.05) is 4.88 Å². The van der Waals surface area contributed by atoms with Gasteiger partial charge in [-0.25, -0.2) is 4.79 Å². The molecule has 0 unspecified atom stereocenters. The van der Waals surface area contributed by atoms with Crippen molar-refractivity contribution in [2.45, 2.75) is 31.1 Å². The Kier molecular flexibility index (Phi) is 7.29. The number of carbonyl (C=O) groups excluding carboxylic acids is 1. The van der Waals surface area contributed by atoms with E-state index in [1.54, 1.807) is 11.1 Å². The number of hydrogen-bond acceptors (Lipinski definition) is 9. The largest absolute Gasteiger partial charge is 0.462 e. The van der Waals surface area contributed by atoms with Crippen molar-refractivity contribution in [3.8, 4) is 0 Å². The van der Waals surface area contributed by atoms with Crippen LogP contribution in [0.15, 0.2) is 21.9 Å². The molecule has 164 valence electrons. The van der Waals surface area contributed by atoms with Crippen molar-refractivity contribution < 1.29 is 28.5 Å². The molecule has 1 aliphatic heterocycles. The van der Waals surface area contributed by atoms with Crippen LogP contribution >= 0.6 is 34.5 Å². The first-order chi connectivity index (χ1) is 14.2. The Balaban J connectivity index is 1.83. The lowest BCUT2D eigenvalue weighted by Crippen LogP contribution is -2.40. The van der Waals surface area contributed by atoms with Crippen LogP contribution in [-0.4, -0.2) is 52.1 Å². The van der Waals surface area contributed by atoms with Gasteiger partial charge in [-0.05, 0) is 6.07 Å². The summed E-state index contributed by atoms with van der Waals surface area (Å²) in [5, 5.41) is 11.0. The van der Waals surface area contributed by atoms with Gasteiger partial charge in [0.05, 0.1) is 24.4 Å². The maximum absolute atomic E-state index is 13.7. The molecule has 0 amide bonds. The standard InChI is InChI=1S/C16H16Cl2FN3O7S/c17-7-1-6(30-13(7)18)4-28-12-9(5-27-10(23)2-20)29-15(11(12)24)22-3-8(19)14(25)21-16(22)26/h1,3,9,11-12,15,24H,2,4-5,20H2,(H,21,25,26)/t9-,11-,12-,15-/m1/s1. The summed E-state index contributed by atoms with van der Waals surface area (Å²) >= 11 is 13.0. The molecule has 4 atom stereocenters. The molecule has 1 fully saturated rings. The second kappa shape index (κ2) is 9.56. The summed E-state index contributed by atoms with van der Waals surface area (Å²) in [5.74, 6) is -1.97. The lowest BCUT2D eigenvalue weighted by molar-refractivity contribution is -0.149. The Bertz CT molecular complexity index is 1020. The Morgan fingerprint density at radius 2 is 2.17 bits per heavy atom. The van der Waals surface area contributed by atoms with Crippen LogP contribution in [0.5, 0.6) is 0 Å². The fraction of sp³-hybridized carbons (Fsp3) is 0.438. The molecular formula is C16H16Cl2FN3O7S. The molecule has 2 aromatic rings. The maximum Gasteiger partial charge on any atom is 0.330 e. The van der Waals surface area contributed by atoms with Gasteiger partial charge in [-0.1, -0.05) is 23.2 Å². The van der Waals surface area contributed by atoms with Gasteiger partial charge in [-0.15, -0.1) is 11.3 Å². The average molecular weight is 484 g/mol. The topological polar surface area (TPSA) is 146 Å². The molecule has 0 aromatic carbocycles. The zero-order chi connectivity index (χ0) is 22.0. The van der Waals surface area contributed by atoms with Crippen molar-refractivity contribution in [2.24, 2.45) is 5.73 Å². The Hall–Kier alpha value is -1.80. The zero-order valence-corrected chi connectivity index (χ0v) is 17.4. The van der Waals surface area contributed by atoms with Crippen molar-refractivity contribution >= 4 is 40.5 Å². The molecule has 0 radical (unpaired) electrons. The minimum absolute atomic E-state index is 0.0227. The first kappa shape index (κ1) is 22.9. The number of aliphatic hydroxyl groups is 1. The zero-order valence-electron chi connectivity index (χ0n) is 15.0.